The predicted molar refractivity (Wildman–Crippen MR) is 115 cm³/mol. The van der Waals surface area contributed by atoms with E-state index in [-0.39, 0.29) is 24.0 Å². The van der Waals surface area contributed by atoms with Crippen molar-refractivity contribution in [2.75, 3.05) is 52.4 Å². The molecule has 0 bridgehead atoms. The molecule has 2 saturated heterocycles. The van der Waals surface area contributed by atoms with Crippen LogP contribution in [0.4, 0.5) is 0 Å². The molecule has 0 spiro atoms. The van der Waals surface area contributed by atoms with E-state index in [2.05, 4.69) is 34.3 Å². The fourth-order valence-electron chi connectivity index (χ4n) is 3.97. The Morgan fingerprint density at radius 2 is 2.03 bits per heavy atom. The van der Waals surface area contributed by atoms with Crippen LogP contribution in [-0.4, -0.2) is 86.2 Å². The maximum atomic E-state index is 12.3. The van der Waals surface area contributed by atoms with E-state index in [1.807, 2.05) is 17.5 Å². The lowest BCUT2D eigenvalue weighted by Crippen LogP contribution is -2.50. The monoisotopic (exact) mass is 422 g/mol. The first-order chi connectivity index (χ1) is 14.0. The number of amides is 2. The topological polar surface area (TPSA) is 73.9 Å². The third-order valence-electron chi connectivity index (χ3n) is 5.41. The molecule has 2 aliphatic heterocycles. The summed E-state index contributed by atoms with van der Waals surface area (Å²) in [6.45, 7) is 10.7. The van der Waals surface area contributed by atoms with Crippen LogP contribution in [0.1, 0.15) is 36.4 Å². The van der Waals surface area contributed by atoms with Crippen LogP contribution >= 0.6 is 11.3 Å². The Hall–Kier alpha value is -1.48. The van der Waals surface area contributed by atoms with Crippen molar-refractivity contribution in [1.29, 1.82) is 0 Å². The quantitative estimate of drug-likeness (QED) is 0.663. The van der Waals surface area contributed by atoms with Crippen LogP contribution < -0.4 is 10.6 Å². The molecule has 0 radical (unpaired) electrons. The van der Waals surface area contributed by atoms with Gasteiger partial charge in [-0.2, -0.15) is 0 Å². The summed E-state index contributed by atoms with van der Waals surface area (Å²) in [7, 11) is 0. The van der Waals surface area contributed by atoms with Crippen LogP contribution in [0.25, 0.3) is 0 Å². The van der Waals surface area contributed by atoms with Crippen LogP contribution in [0.3, 0.4) is 0 Å². The predicted octanol–water partition coefficient (Wildman–Crippen LogP) is 1.42. The van der Waals surface area contributed by atoms with Gasteiger partial charge in [0.25, 0.3) is 5.91 Å². The zero-order chi connectivity index (χ0) is 20.6. The fourth-order valence-corrected chi connectivity index (χ4v) is 4.60. The highest BCUT2D eigenvalue weighted by Gasteiger charge is 2.24. The standard InChI is InChI=1S/C21H34N4O3S/c1-16(2)13-25-9-10-28-18(14-25)12-22-20(26)15-24-7-5-17(6-8-24)23-21(27)19-4-3-11-29-19/h3-4,11,16-18H,5-10,12-15H2,1-2H3,(H,22,26)(H,23,27). The van der Waals surface area contributed by atoms with Crippen molar-refractivity contribution in [3.8, 4) is 0 Å². The van der Waals surface area contributed by atoms with Gasteiger partial charge >= 0.3 is 0 Å². The summed E-state index contributed by atoms with van der Waals surface area (Å²) in [6.07, 6.45) is 1.82. The number of morpholine rings is 1. The van der Waals surface area contributed by atoms with Gasteiger partial charge in [0, 0.05) is 45.3 Å². The van der Waals surface area contributed by atoms with E-state index < -0.39 is 0 Å². The summed E-state index contributed by atoms with van der Waals surface area (Å²) in [6, 6.07) is 3.92. The van der Waals surface area contributed by atoms with Crippen molar-refractivity contribution in [1.82, 2.24) is 20.4 Å². The van der Waals surface area contributed by atoms with Crippen LogP contribution in [0.5, 0.6) is 0 Å². The van der Waals surface area contributed by atoms with E-state index in [0.29, 0.717) is 19.0 Å². The van der Waals surface area contributed by atoms with Gasteiger partial charge in [-0.25, -0.2) is 0 Å². The van der Waals surface area contributed by atoms with Gasteiger partial charge in [0.05, 0.1) is 24.1 Å². The van der Waals surface area contributed by atoms with Gasteiger partial charge in [-0.1, -0.05) is 19.9 Å². The molecule has 0 aromatic carbocycles. The van der Waals surface area contributed by atoms with E-state index in [1.54, 1.807) is 0 Å². The number of carbonyl (C=O) groups is 2. The highest BCUT2D eigenvalue weighted by atomic mass is 32.1. The van der Waals surface area contributed by atoms with E-state index in [4.69, 9.17) is 4.74 Å². The highest BCUT2D eigenvalue weighted by molar-refractivity contribution is 7.12. The number of ether oxygens (including phenoxy) is 1. The summed E-state index contributed by atoms with van der Waals surface area (Å²) in [5.41, 5.74) is 0. The number of carbonyl (C=O) groups excluding carboxylic acids is 2. The summed E-state index contributed by atoms with van der Waals surface area (Å²) < 4.78 is 5.80. The second kappa shape index (κ2) is 11.1. The Bertz CT molecular complexity index is 644. The first-order valence-corrected chi connectivity index (χ1v) is 11.5. The molecule has 2 amide bonds. The molecule has 2 fully saturated rings. The number of nitrogens with one attached hydrogen (secondary N) is 2. The molecule has 3 rings (SSSR count). The molecule has 1 unspecified atom stereocenters. The summed E-state index contributed by atoms with van der Waals surface area (Å²) in [5, 5.41) is 8.05. The third kappa shape index (κ3) is 7.37. The van der Waals surface area contributed by atoms with Crippen molar-refractivity contribution in [2.45, 2.75) is 38.8 Å². The number of piperidine rings is 1. The third-order valence-corrected chi connectivity index (χ3v) is 6.28. The van der Waals surface area contributed by atoms with Gasteiger partial charge < -0.3 is 15.4 Å². The Balaban J connectivity index is 1.31. The van der Waals surface area contributed by atoms with Crippen molar-refractivity contribution in [3.05, 3.63) is 22.4 Å². The number of rotatable bonds is 8. The second-order valence-electron chi connectivity index (χ2n) is 8.45. The lowest BCUT2D eigenvalue weighted by atomic mass is 10.0. The number of hydrogen-bond acceptors (Lipinski definition) is 6. The molecule has 3 heterocycles. The molecule has 29 heavy (non-hydrogen) atoms. The molecular weight excluding hydrogens is 388 g/mol. The van der Waals surface area contributed by atoms with Crippen molar-refractivity contribution in [3.63, 3.8) is 0 Å². The Kier molecular flexibility index (Phi) is 8.47. The lowest BCUT2D eigenvalue weighted by molar-refractivity contribution is -0.123. The molecule has 1 atom stereocenters. The molecular formula is C21H34N4O3S. The van der Waals surface area contributed by atoms with E-state index in [9.17, 15) is 9.59 Å². The molecule has 0 aliphatic carbocycles. The normalized spacial score (nSPS) is 22.0. The van der Waals surface area contributed by atoms with Crippen molar-refractivity contribution in [2.24, 2.45) is 5.92 Å². The van der Waals surface area contributed by atoms with Crippen molar-refractivity contribution >= 4 is 23.2 Å². The molecule has 7 nitrogen and oxygen atoms in total. The van der Waals surface area contributed by atoms with E-state index >= 15 is 0 Å². The number of likely N-dealkylation sites (tertiary alicyclic amines) is 1. The van der Waals surface area contributed by atoms with E-state index in [0.717, 1.165) is 57.0 Å². The van der Waals surface area contributed by atoms with Gasteiger partial charge in [0.2, 0.25) is 5.91 Å². The smallest absolute Gasteiger partial charge is 0.261 e. The minimum atomic E-state index is 0.00943. The Morgan fingerprint density at radius 1 is 1.24 bits per heavy atom. The van der Waals surface area contributed by atoms with Crippen molar-refractivity contribution < 1.29 is 14.3 Å². The molecule has 1 aromatic heterocycles. The largest absolute Gasteiger partial charge is 0.374 e. The SMILES string of the molecule is CC(C)CN1CCOC(CNC(=O)CN2CCC(NC(=O)c3cccs3)CC2)C1. The average molecular weight is 423 g/mol. The van der Waals surface area contributed by atoms with E-state index in [1.165, 1.54) is 11.3 Å². The first kappa shape index (κ1) is 22.2. The fraction of sp³-hybridized carbons (Fsp3) is 0.714. The zero-order valence-corrected chi connectivity index (χ0v) is 18.4. The van der Waals surface area contributed by atoms with Gasteiger partial charge in [-0.15, -0.1) is 11.3 Å². The molecule has 8 heteroatoms. The minimum absolute atomic E-state index is 0.00943. The highest BCUT2D eigenvalue weighted by Crippen LogP contribution is 2.13. The average Bonchev–Trinajstić information content (AvgIpc) is 3.23. The summed E-state index contributed by atoms with van der Waals surface area (Å²) in [5.74, 6) is 0.701. The number of nitrogens with zero attached hydrogens (tertiary/aromatic N) is 2. The minimum Gasteiger partial charge on any atom is -0.374 e. The Morgan fingerprint density at radius 3 is 2.72 bits per heavy atom. The first-order valence-electron chi connectivity index (χ1n) is 10.7. The van der Waals surface area contributed by atoms with Gasteiger partial charge in [0.15, 0.2) is 0 Å². The summed E-state index contributed by atoms with van der Waals surface area (Å²) in [4.78, 5) is 29.8. The van der Waals surface area contributed by atoms with Crippen LogP contribution in [0, 0.1) is 5.92 Å². The zero-order valence-electron chi connectivity index (χ0n) is 17.6. The molecule has 0 saturated carbocycles. The molecule has 162 valence electrons. The lowest BCUT2D eigenvalue weighted by Gasteiger charge is -2.34. The van der Waals surface area contributed by atoms with Gasteiger partial charge in [-0.05, 0) is 30.2 Å². The number of hydrogen-bond donors (Lipinski definition) is 2. The van der Waals surface area contributed by atoms with Crippen LogP contribution in [-0.2, 0) is 9.53 Å². The molecule has 1 aromatic rings. The van der Waals surface area contributed by atoms with Gasteiger partial charge in [-0.3, -0.25) is 19.4 Å². The maximum Gasteiger partial charge on any atom is 0.261 e. The van der Waals surface area contributed by atoms with Crippen LogP contribution in [0.2, 0.25) is 0 Å². The molecule has 2 N–H and O–H groups in total. The molecule has 2 aliphatic rings. The maximum absolute atomic E-state index is 12.3. The van der Waals surface area contributed by atoms with Crippen LogP contribution in [0.15, 0.2) is 17.5 Å². The van der Waals surface area contributed by atoms with Gasteiger partial charge in [0.1, 0.15) is 0 Å². The number of thiophene rings is 1. The Labute approximate surface area is 177 Å². The summed E-state index contributed by atoms with van der Waals surface area (Å²) >= 11 is 1.46. The second-order valence-corrected chi connectivity index (χ2v) is 9.40.